The van der Waals surface area contributed by atoms with Crippen molar-refractivity contribution >= 4 is 0 Å². The minimum Gasteiger partial charge on any atom is -0.353 e. The lowest BCUT2D eigenvalue weighted by molar-refractivity contribution is -0.232. The van der Waals surface area contributed by atoms with Crippen LogP contribution < -0.4 is 5.32 Å². The van der Waals surface area contributed by atoms with E-state index in [1.165, 1.54) is 141 Å². The van der Waals surface area contributed by atoms with E-state index in [1.807, 2.05) is 14.2 Å². The number of hydrogen-bond acceptors (Lipinski definition) is 3. The molecule has 0 amide bonds. The van der Waals surface area contributed by atoms with Crippen molar-refractivity contribution in [2.24, 2.45) is 0 Å². The topological polar surface area (TPSA) is 30.5 Å². The van der Waals surface area contributed by atoms with Crippen LogP contribution in [-0.2, 0) is 9.47 Å². The van der Waals surface area contributed by atoms with Gasteiger partial charge in [0.25, 0.3) is 0 Å². The number of nitrogens with one attached hydrogen (secondary N) is 1. The van der Waals surface area contributed by atoms with E-state index in [1.54, 1.807) is 0 Å². The van der Waals surface area contributed by atoms with Crippen LogP contribution in [0.4, 0.5) is 0 Å². The number of methoxy groups -OCH3 is 1. The molecule has 0 aromatic rings. The first-order valence-electron chi connectivity index (χ1n) is 19.7. The zero-order valence-electron chi connectivity index (χ0n) is 30.9. The van der Waals surface area contributed by atoms with Gasteiger partial charge in [0.05, 0.1) is 6.61 Å². The lowest BCUT2D eigenvalue weighted by atomic mass is 9.98. The van der Waals surface area contributed by atoms with Crippen molar-refractivity contribution in [1.82, 2.24) is 5.32 Å². The van der Waals surface area contributed by atoms with Gasteiger partial charge in [-0.3, -0.25) is 0 Å². The van der Waals surface area contributed by atoms with E-state index in [9.17, 15) is 0 Å². The lowest BCUT2D eigenvalue weighted by Crippen LogP contribution is -2.36. The van der Waals surface area contributed by atoms with Gasteiger partial charge in [0.1, 0.15) is 0 Å². The van der Waals surface area contributed by atoms with Gasteiger partial charge in [-0.05, 0) is 97.1 Å². The van der Waals surface area contributed by atoms with Crippen LogP contribution in [0.3, 0.4) is 0 Å². The molecule has 0 aliphatic carbocycles. The molecule has 0 aromatic heterocycles. The van der Waals surface area contributed by atoms with E-state index in [-0.39, 0.29) is 0 Å². The molecule has 0 fully saturated rings. The average molecular weight is 630 g/mol. The highest BCUT2D eigenvalue weighted by atomic mass is 16.7. The normalized spacial score (nSPS) is 12.7. The van der Waals surface area contributed by atoms with Gasteiger partial charge < -0.3 is 14.8 Å². The fourth-order valence-corrected chi connectivity index (χ4v) is 5.80. The first kappa shape index (κ1) is 43.8. The summed E-state index contributed by atoms with van der Waals surface area (Å²) in [5, 5.41) is 3.24. The van der Waals surface area contributed by atoms with Crippen molar-refractivity contribution in [3.63, 3.8) is 0 Å². The number of rotatable bonds is 36. The van der Waals surface area contributed by atoms with Crippen molar-refractivity contribution in [3.05, 3.63) is 48.6 Å². The Morgan fingerprint density at radius 2 is 0.844 bits per heavy atom. The smallest absolute Gasteiger partial charge is 0.167 e. The highest BCUT2D eigenvalue weighted by Crippen LogP contribution is 2.28. The van der Waals surface area contributed by atoms with E-state index >= 15 is 0 Å². The number of unbranched alkanes of at least 4 members (excludes halogenated alkanes) is 18. The molecule has 0 saturated carbocycles. The summed E-state index contributed by atoms with van der Waals surface area (Å²) < 4.78 is 12.5. The third-order valence-electron chi connectivity index (χ3n) is 8.82. The maximum absolute atomic E-state index is 6.44. The Hall–Kier alpha value is -1.16. The van der Waals surface area contributed by atoms with Crippen LogP contribution in [0, 0.1) is 0 Å². The Morgan fingerprint density at radius 1 is 0.467 bits per heavy atom. The van der Waals surface area contributed by atoms with Gasteiger partial charge in [-0.15, -0.1) is 0 Å². The van der Waals surface area contributed by atoms with Gasteiger partial charge >= 0.3 is 0 Å². The summed E-state index contributed by atoms with van der Waals surface area (Å²) in [5.74, 6) is -0.391. The summed E-state index contributed by atoms with van der Waals surface area (Å²) in [6.45, 7) is 6.31. The maximum Gasteiger partial charge on any atom is 0.167 e. The van der Waals surface area contributed by atoms with E-state index in [2.05, 4.69) is 67.8 Å². The van der Waals surface area contributed by atoms with E-state index in [0.29, 0.717) is 0 Å². The highest BCUT2D eigenvalue weighted by molar-refractivity contribution is 4.93. The molecule has 1 N–H and O–H groups in total. The van der Waals surface area contributed by atoms with Crippen LogP contribution >= 0.6 is 0 Å². The SMILES string of the molecule is CCCCC/C=C\C/C=C\CCCCCCCCC(CCCCCCCC/C=C\C/C=C\CCCCC)(OC)OCCCNC. The second-order valence-corrected chi connectivity index (χ2v) is 13.1. The molecule has 3 heteroatoms. The van der Waals surface area contributed by atoms with Gasteiger partial charge in [-0.25, -0.2) is 0 Å². The van der Waals surface area contributed by atoms with Gasteiger partial charge in [-0.2, -0.15) is 0 Å². The zero-order valence-corrected chi connectivity index (χ0v) is 30.9. The molecule has 45 heavy (non-hydrogen) atoms. The minimum atomic E-state index is -0.391. The zero-order chi connectivity index (χ0) is 32.8. The fourth-order valence-electron chi connectivity index (χ4n) is 5.80. The van der Waals surface area contributed by atoms with Crippen LogP contribution in [0.25, 0.3) is 0 Å². The van der Waals surface area contributed by atoms with E-state index in [4.69, 9.17) is 9.47 Å². The third-order valence-corrected chi connectivity index (χ3v) is 8.82. The molecular weight excluding hydrogens is 550 g/mol. The average Bonchev–Trinajstić information content (AvgIpc) is 3.06. The van der Waals surface area contributed by atoms with Crippen molar-refractivity contribution in [2.45, 2.75) is 193 Å². The lowest BCUT2D eigenvalue weighted by Gasteiger charge is -2.33. The molecule has 0 spiro atoms. The van der Waals surface area contributed by atoms with E-state index < -0.39 is 5.79 Å². The quantitative estimate of drug-likeness (QED) is 0.0425. The third kappa shape index (κ3) is 32.6. The summed E-state index contributed by atoms with van der Waals surface area (Å²) in [5.41, 5.74) is 0. The summed E-state index contributed by atoms with van der Waals surface area (Å²) >= 11 is 0. The summed E-state index contributed by atoms with van der Waals surface area (Å²) in [6, 6.07) is 0. The van der Waals surface area contributed by atoms with E-state index in [0.717, 1.165) is 45.3 Å². The Morgan fingerprint density at radius 3 is 1.22 bits per heavy atom. The van der Waals surface area contributed by atoms with Gasteiger partial charge in [0, 0.05) is 20.0 Å². The molecule has 264 valence electrons. The first-order chi connectivity index (χ1) is 22.2. The van der Waals surface area contributed by atoms with Gasteiger partial charge in [0.2, 0.25) is 0 Å². The van der Waals surface area contributed by atoms with Gasteiger partial charge in [0.15, 0.2) is 5.79 Å². The van der Waals surface area contributed by atoms with Crippen LogP contribution in [0.5, 0.6) is 0 Å². The van der Waals surface area contributed by atoms with Crippen molar-refractivity contribution in [2.75, 3.05) is 27.3 Å². The molecule has 0 unspecified atom stereocenters. The van der Waals surface area contributed by atoms with Gasteiger partial charge in [-0.1, -0.05) is 140 Å². The van der Waals surface area contributed by atoms with Crippen molar-refractivity contribution in [1.29, 1.82) is 0 Å². The predicted molar refractivity (Wildman–Crippen MR) is 202 cm³/mol. The molecule has 0 rings (SSSR count). The first-order valence-corrected chi connectivity index (χ1v) is 19.7. The van der Waals surface area contributed by atoms with Crippen molar-refractivity contribution in [3.8, 4) is 0 Å². The molecule has 0 aliphatic heterocycles. The Labute approximate surface area is 283 Å². The summed E-state index contributed by atoms with van der Waals surface area (Å²) in [4.78, 5) is 0. The Bertz CT molecular complexity index is 632. The number of hydrogen-bond donors (Lipinski definition) is 1. The fraction of sp³-hybridized carbons (Fsp3) is 0.810. The predicted octanol–water partition coefficient (Wildman–Crippen LogP) is 13.4. The molecule has 0 bridgehead atoms. The van der Waals surface area contributed by atoms with Crippen LogP contribution in [0.15, 0.2) is 48.6 Å². The van der Waals surface area contributed by atoms with Crippen molar-refractivity contribution < 1.29 is 9.47 Å². The minimum absolute atomic E-state index is 0.391. The maximum atomic E-state index is 6.44. The Balaban J connectivity index is 4.04. The molecule has 0 heterocycles. The molecule has 3 nitrogen and oxygen atoms in total. The largest absolute Gasteiger partial charge is 0.353 e. The highest BCUT2D eigenvalue weighted by Gasteiger charge is 2.29. The second-order valence-electron chi connectivity index (χ2n) is 13.1. The number of ether oxygens (including phenoxy) is 2. The van der Waals surface area contributed by atoms with Crippen LogP contribution in [0.1, 0.15) is 187 Å². The molecule has 0 atom stereocenters. The van der Waals surface area contributed by atoms with Crippen LogP contribution in [-0.4, -0.2) is 33.1 Å². The standard InChI is InChI=1S/C42H79NO2/c1-5-7-9-11-13-15-17-19-21-23-25-27-29-31-33-35-38-42(44-4,45-41-37-40-43-3)39-36-34-32-30-28-26-24-22-20-18-16-14-12-10-8-6-2/h13-16,19-22,43H,5-12,17-18,23-41H2,1-4H3/b15-13-,16-14-,21-19-,22-20-. The summed E-state index contributed by atoms with van der Waals surface area (Å²) in [7, 11) is 3.88. The second kappa shape index (κ2) is 37.3. The Kier molecular flexibility index (Phi) is 36.3. The molecule has 0 aromatic carbocycles. The summed E-state index contributed by atoms with van der Waals surface area (Å²) in [6.07, 6.45) is 52.7. The monoisotopic (exact) mass is 630 g/mol. The molecule has 0 aliphatic rings. The van der Waals surface area contributed by atoms with Crippen LogP contribution in [0.2, 0.25) is 0 Å². The molecule has 0 saturated heterocycles. The molecule has 0 radical (unpaired) electrons. The number of allylic oxidation sites excluding steroid dienone is 8. The molecular formula is C42H79NO2.